The van der Waals surface area contributed by atoms with Gasteiger partial charge in [0.25, 0.3) is 10.0 Å². The number of urea groups is 1. The summed E-state index contributed by atoms with van der Waals surface area (Å²) < 4.78 is 119. The van der Waals surface area contributed by atoms with Crippen molar-refractivity contribution in [3.8, 4) is 11.1 Å². The van der Waals surface area contributed by atoms with Crippen molar-refractivity contribution in [2.24, 2.45) is 0 Å². The van der Waals surface area contributed by atoms with Crippen LogP contribution in [0.1, 0.15) is 0 Å². The number of carbonyl (C=O) groups excluding carboxylic acids is 1. The van der Waals surface area contributed by atoms with E-state index in [1.54, 1.807) is 4.72 Å². The molecule has 32 heavy (non-hydrogen) atoms. The number of sulfonamides is 1. The summed E-state index contributed by atoms with van der Waals surface area (Å²) in [6.07, 6.45) is 0. The molecule has 0 bridgehead atoms. The molecule has 0 spiro atoms. The normalized spacial score (nSPS) is 16.1. The Morgan fingerprint density at radius 1 is 0.938 bits per heavy atom. The number of carbonyl (C=O) groups is 1. The number of sulfone groups is 1. The Bertz CT molecular complexity index is 1320. The monoisotopic (exact) mass is 518 g/mol. The number of rotatable bonds is 3. The number of amides is 2. The van der Waals surface area contributed by atoms with Crippen LogP contribution in [0.5, 0.6) is 0 Å². The van der Waals surface area contributed by atoms with E-state index in [1.807, 2.05) is 0 Å². The highest BCUT2D eigenvalue weighted by Crippen LogP contribution is 2.35. The van der Waals surface area contributed by atoms with Crippen molar-refractivity contribution in [3.05, 3.63) is 52.3 Å². The Morgan fingerprint density at radius 3 is 2.12 bits per heavy atom. The van der Waals surface area contributed by atoms with Gasteiger partial charge >= 0.3 is 6.03 Å². The SMILES string of the molecule is O=C(NS(=O)(=O)c1cc(-c2c(F)cc(F)c(F)c2F)c(F)cc1Cl)N1CCS(=O)(=O)CC1. The molecule has 0 radical (unpaired) electrons. The van der Waals surface area contributed by atoms with Gasteiger partial charge in [-0.1, -0.05) is 11.6 Å². The van der Waals surface area contributed by atoms with Crippen LogP contribution in [0.25, 0.3) is 11.1 Å². The van der Waals surface area contributed by atoms with Crippen LogP contribution in [0, 0.1) is 29.1 Å². The van der Waals surface area contributed by atoms with Gasteiger partial charge in [-0.3, -0.25) is 0 Å². The van der Waals surface area contributed by atoms with E-state index in [2.05, 4.69) is 0 Å². The number of nitrogens with one attached hydrogen (secondary N) is 1. The first-order valence-electron chi connectivity index (χ1n) is 8.58. The molecule has 2 aromatic carbocycles. The summed E-state index contributed by atoms with van der Waals surface area (Å²) in [7, 11) is -8.23. The van der Waals surface area contributed by atoms with Gasteiger partial charge in [0.15, 0.2) is 27.3 Å². The Labute approximate surface area is 183 Å². The van der Waals surface area contributed by atoms with E-state index >= 15 is 0 Å². The van der Waals surface area contributed by atoms with E-state index in [0.717, 1.165) is 4.90 Å². The number of hydrogen-bond acceptors (Lipinski definition) is 5. The van der Waals surface area contributed by atoms with Crippen LogP contribution in [-0.2, 0) is 19.9 Å². The van der Waals surface area contributed by atoms with E-state index in [4.69, 9.17) is 11.6 Å². The smallest absolute Gasteiger partial charge is 0.322 e. The summed E-state index contributed by atoms with van der Waals surface area (Å²) >= 11 is 5.73. The maximum absolute atomic E-state index is 14.3. The van der Waals surface area contributed by atoms with Gasteiger partial charge < -0.3 is 4.90 Å². The van der Waals surface area contributed by atoms with Gasteiger partial charge in [-0.25, -0.2) is 48.3 Å². The van der Waals surface area contributed by atoms with Gasteiger partial charge in [-0.15, -0.1) is 0 Å². The lowest BCUT2D eigenvalue weighted by molar-refractivity contribution is 0.208. The van der Waals surface area contributed by atoms with Crippen LogP contribution in [0.2, 0.25) is 5.02 Å². The van der Waals surface area contributed by atoms with E-state index in [1.165, 1.54) is 0 Å². The van der Waals surface area contributed by atoms with E-state index < -0.39 is 87.5 Å². The van der Waals surface area contributed by atoms with Gasteiger partial charge in [0, 0.05) is 24.7 Å². The second kappa shape index (κ2) is 8.48. The standard InChI is InChI=1S/C17H12ClF5N2O5S2/c18-9-6-10(19)8(14-11(20)7-12(21)15(22)16(14)23)5-13(9)32(29,30)24-17(26)25-1-3-31(27,28)4-2-25/h5-7H,1-4H2,(H,24,26). The van der Waals surface area contributed by atoms with Crippen molar-refractivity contribution in [2.75, 3.05) is 24.6 Å². The molecule has 0 saturated carbocycles. The molecule has 1 heterocycles. The van der Waals surface area contributed by atoms with E-state index in [0.29, 0.717) is 12.1 Å². The molecule has 0 atom stereocenters. The predicted molar refractivity (Wildman–Crippen MR) is 103 cm³/mol. The minimum atomic E-state index is -4.86. The Morgan fingerprint density at radius 2 is 1.53 bits per heavy atom. The zero-order valence-corrected chi connectivity index (χ0v) is 18.0. The van der Waals surface area contributed by atoms with Crippen LogP contribution in [0.15, 0.2) is 23.1 Å². The maximum Gasteiger partial charge on any atom is 0.331 e. The molecule has 1 aliphatic rings. The predicted octanol–water partition coefficient (Wildman–Crippen LogP) is 2.83. The molecule has 1 fully saturated rings. The molecule has 174 valence electrons. The quantitative estimate of drug-likeness (QED) is 0.383. The first-order valence-corrected chi connectivity index (χ1v) is 12.3. The summed E-state index contributed by atoms with van der Waals surface area (Å²) in [4.78, 5) is 12.1. The van der Waals surface area contributed by atoms with E-state index in [9.17, 15) is 43.6 Å². The average molecular weight is 519 g/mol. The molecule has 3 rings (SSSR count). The molecule has 0 aromatic heterocycles. The number of halogens is 6. The molecular formula is C17H12ClF5N2O5S2. The molecule has 2 amide bonds. The second-order valence-corrected chi connectivity index (χ2v) is 11.0. The Balaban J connectivity index is 2.01. The first-order chi connectivity index (χ1) is 14.7. The van der Waals surface area contributed by atoms with Gasteiger partial charge in [0.05, 0.1) is 22.1 Å². The van der Waals surface area contributed by atoms with Gasteiger partial charge in [0.1, 0.15) is 16.5 Å². The van der Waals surface area contributed by atoms with Crippen LogP contribution in [0.3, 0.4) is 0 Å². The number of hydrogen-bond donors (Lipinski definition) is 1. The fourth-order valence-electron chi connectivity index (χ4n) is 2.89. The van der Waals surface area contributed by atoms with E-state index in [-0.39, 0.29) is 19.2 Å². The lowest BCUT2D eigenvalue weighted by Crippen LogP contribution is -2.49. The molecule has 7 nitrogen and oxygen atoms in total. The van der Waals surface area contributed by atoms with Gasteiger partial charge in [-0.05, 0) is 12.1 Å². The van der Waals surface area contributed by atoms with Crippen molar-refractivity contribution in [2.45, 2.75) is 4.90 Å². The molecule has 1 aliphatic heterocycles. The van der Waals surface area contributed by atoms with Crippen molar-refractivity contribution >= 4 is 37.5 Å². The Hall–Kier alpha value is -2.45. The average Bonchev–Trinajstić information content (AvgIpc) is 2.67. The number of nitrogens with zero attached hydrogens (tertiary/aromatic N) is 1. The highest BCUT2D eigenvalue weighted by molar-refractivity contribution is 7.91. The summed E-state index contributed by atoms with van der Waals surface area (Å²) in [5.74, 6) is -10.1. The fourth-order valence-corrected chi connectivity index (χ4v) is 5.60. The van der Waals surface area contributed by atoms with Crippen LogP contribution in [-0.4, -0.2) is 52.4 Å². The van der Waals surface area contributed by atoms with Crippen molar-refractivity contribution in [1.29, 1.82) is 0 Å². The molecule has 15 heteroatoms. The maximum atomic E-state index is 14.3. The highest BCUT2D eigenvalue weighted by Gasteiger charge is 2.31. The third-order valence-corrected chi connectivity index (χ3v) is 7.94. The Kier molecular flexibility index (Phi) is 6.41. The minimum absolute atomic E-state index is 0.0534. The molecule has 0 aliphatic carbocycles. The zero-order chi connectivity index (χ0) is 24.0. The largest absolute Gasteiger partial charge is 0.331 e. The molecule has 1 saturated heterocycles. The summed E-state index contributed by atoms with van der Waals surface area (Å²) in [5, 5.41) is -0.781. The molecule has 1 N–H and O–H groups in total. The van der Waals surface area contributed by atoms with Crippen LogP contribution >= 0.6 is 11.6 Å². The summed E-state index contributed by atoms with van der Waals surface area (Å²) in [5.41, 5.74) is -2.48. The lowest BCUT2D eigenvalue weighted by Gasteiger charge is -2.26. The zero-order valence-electron chi connectivity index (χ0n) is 15.6. The molecule has 2 aromatic rings. The van der Waals surface area contributed by atoms with Crippen molar-refractivity contribution < 1.29 is 43.6 Å². The minimum Gasteiger partial charge on any atom is -0.322 e. The molecular weight excluding hydrogens is 507 g/mol. The third kappa shape index (κ3) is 4.66. The number of benzene rings is 2. The fraction of sp³-hybridized carbons (Fsp3) is 0.235. The van der Waals surface area contributed by atoms with Crippen molar-refractivity contribution in [1.82, 2.24) is 9.62 Å². The van der Waals surface area contributed by atoms with Gasteiger partial charge in [0.2, 0.25) is 0 Å². The van der Waals surface area contributed by atoms with Crippen LogP contribution < -0.4 is 4.72 Å². The lowest BCUT2D eigenvalue weighted by atomic mass is 10.0. The first kappa shape index (κ1) is 24.2. The van der Waals surface area contributed by atoms with Gasteiger partial charge in [-0.2, -0.15) is 0 Å². The third-order valence-electron chi connectivity index (χ3n) is 4.55. The second-order valence-electron chi connectivity index (χ2n) is 6.66. The molecule has 0 unspecified atom stereocenters. The summed E-state index contributed by atoms with van der Waals surface area (Å²) in [6, 6.07) is -0.551. The summed E-state index contributed by atoms with van der Waals surface area (Å²) in [6.45, 7) is -0.589. The van der Waals surface area contributed by atoms with Crippen molar-refractivity contribution in [3.63, 3.8) is 0 Å². The highest BCUT2D eigenvalue weighted by atomic mass is 35.5. The topological polar surface area (TPSA) is 101 Å². The van der Waals surface area contributed by atoms with Crippen LogP contribution in [0.4, 0.5) is 26.7 Å².